The van der Waals surface area contributed by atoms with E-state index in [1.54, 1.807) is 0 Å². The molecule has 22 heavy (non-hydrogen) atoms. The van der Waals surface area contributed by atoms with Gasteiger partial charge in [-0.2, -0.15) is 0 Å². The normalized spacial score (nSPS) is 12.7. The van der Waals surface area contributed by atoms with Crippen molar-refractivity contribution < 1.29 is 11.0 Å². The van der Waals surface area contributed by atoms with E-state index < -0.39 is 0 Å². The topological polar surface area (TPSA) is 49.4 Å². The lowest BCUT2D eigenvalue weighted by Crippen LogP contribution is -2.39. The second-order valence-corrected chi connectivity index (χ2v) is 6.66. The number of ketones is 1. The predicted molar refractivity (Wildman–Crippen MR) is 95.1 cm³/mol. The second-order valence-electron chi connectivity index (χ2n) is 6.66. The van der Waals surface area contributed by atoms with Crippen LogP contribution in [0.5, 0.6) is 0 Å². The third kappa shape index (κ3) is 10.8. The molecule has 1 unspecified atom stereocenters. The van der Waals surface area contributed by atoms with Crippen LogP contribution in [-0.2, 0) is 9.59 Å². The SMILES string of the molecule is CCC(C)N(C)CC(=O)NCCCCCCCC(=O)C(C)C.[HH]. The van der Waals surface area contributed by atoms with E-state index in [2.05, 4.69) is 24.1 Å². The van der Waals surface area contributed by atoms with Crippen molar-refractivity contribution in [2.45, 2.75) is 78.7 Å². The van der Waals surface area contributed by atoms with E-state index in [1.165, 1.54) is 0 Å². The fraction of sp³-hybridized carbons (Fsp3) is 0.889. The van der Waals surface area contributed by atoms with E-state index in [9.17, 15) is 9.59 Å². The molecule has 4 nitrogen and oxygen atoms in total. The van der Waals surface area contributed by atoms with Crippen LogP contribution < -0.4 is 5.32 Å². The van der Waals surface area contributed by atoms with Crippen molar-refractivity contribution in [3.63, 3.8) is 0 Å². The monoisotopic (exact) mass is 314 g/mol. The van der Waals surface area contributed by atoms with Gasteiger partial charge in [0, 0.05) is 26.4 Å². The molecular formula is C18H38N2O2. The Bertz CT molecular complexity index is 322. The summed E-state index contributed by atoms with van der Waals surface area (Å²) in [4.78, 5) is 25.3. The lowest BCUT2D eigenvalue weighted by atomic mass is 10.0. The Labute approximate surface area is 138 Å². The fourth-order valence-corrected chi connectivity index (χ4v) is 2.22. The minimum absolute atomic E-state index is 0. The molecule has 0 bridgehead atoms. The Hall–Kier alpha value is -0.900. The van der Waals surface area contributed by atoms with Crippen molar-refractivity contribution in [1.82, 2.24) is 10.2 Å². The number of hydrogen-bond donors (Lipinski definition) is 1. The third-order valence-corrected chi connectivity index (χ3v) is 4.30. The van der Waals surface area contributed by atoms with Crippen LogP contribution in [0.25, 0.3) is 0 Å². The molecule has 0 saturated carbocycles. The maximum absolute atomic E-state index is 11.8. The first-order valence-corrected chi connectivity index (χ1v) is 8.88. The van der Waals surface area contributed by atoms with Crippen LogP contribution in [-0.4, -0.2) is 42.8 Å². The lowest BCUT2D eigenvalue weighted by molar-refractivity contribution is -0.123. The summed E-state index contributed by atoms with van der Waals surface area (Å²) in [6.07, 6.45) is 7.19. The van der Waals surface area contributed by atoms with Crippen molar-refractivity contribution >= 4 is 11.7 Å². The minimum Gasteiger partial charge on any atom is -0.355 e. The average molecular weight is 315 g/mol. The van der Waals surface area contributed by atoms with Crippen molar-refractivity contribution in [3.8, 4) is 0 Å². The summed E-state index contributed by atoms with van der Waals surface area (Å²) < 4.78 is 0. The highest BCUT2D eigenvalue weighted by Gasteiger charge is 2.10. The van der Waals surface area contributed by atoms with Gasteiger partial charge in [-0.15, -0.1) is 0 Å². The molecule has 0 aromatic carbocycles. The van der Waals surface area contributed by atoms with Gasteiger partial charge in [0.1, 0.15) is 5.78 Å². The summed E-state index contributed by atoms with van der Waals surface area (Å²) in [6.45, 7) is 9.43. The molecule has 1 N–H and O–H groups in total. The largest absolute Gasteiger partial charge is 0.355 e. The first-order chi connectivity index (χ1) is 10.4. The first kappa shape index (κ1) is 21.1. The summed E-state index contributed by atoms with van der Waals surface area (Å²) in [5.41, 5.74) is 0. The van der Waals surface area contributed by atoms with Crippen LogP contribution in [0.4, 0.5) is 0 Å². The molecule has 0 rings (SSSR count). The van der Waals surface area contributed by atoms with E-state index in [1.807, 2.05) is 20.9 Å². The molecule has 0 heterocycles. The highest BCUT2D eigenvalue weighted by Crippen LogP contribution is 2.08. The number of nitrogens with one attached hydrogen (secondary N) is 1. The summed E-state index contributed by atoms with van der Waals surface area (Å²) in [5.74, 6) is 0.659. The molecule has 0 fully saturated rings. The summed E-state index contributed by atoms with van der Waals surface area (Å²) in [6, 6.07) is 0.444. The molecule has 0 aliphatic rings. The van der Waals surface area contributed by atoms with Gasteiger partial charge in [-0.05, 0) is 33.2 Å². The van der Waals surface area contributed by atoms with E-state index in [-0.39, 0.29) is 13.3 Å². The first-order valence-electron chi connectivity index (χ1n) is 8.88. The fourth-order valence-electron chi connectivity index (χ4n) is 2.22. The van der Waals surface area contributed by atoms with Gasteiger partial charge in [0.2, 0.25) is 5.91 Å². The molecular weight excluding hydrogens is 276 g/mol. The quantitative estimate of drug-likeness (QED) is 0.528. The molecule has 1 atom stereocenters. The lowest BCUT2D eigenvalue weighted by Gasteiger charge is -2.22. The van der Waals surface area contributed by atoms with Crippen LogP contribution >= 0.6 is 0 Å². The minimum atomic E-state index is 0. The predicted octanol–water partition coefficient (Wildman–Crippen LogP) is 3.64. The molecule has 0 spiro atoms. The van der Waals surface area contributed by atoms with Crippen molar-refractivity contribution in [3.05, 3.63) is 0 Å². The molecule has 0 aromatic rings. The standard InChI is InChI=1S/C18H36N2O2.H2/c1-6-16(4)20(5)14-18(22)19-13-11-9-7-8-10-12-17(21)15(2)3;/h15-16H,6-14H2,1-5H3,(H,19,22);1H. The van der Waals surface area contributed by atoms with Crippen LogP contribution in [0.1, 0.15) is 74.1 Å². The number of unbranched alkanes of at least 4 members (excludes halogenated alkanes) is 4. The molecule has 0 aliphatic carbocycles. The van der Waals surface area contributed by atoms with E-state index >= 15 is 0 Å². The molecule has 0 aromatic heterocycles. The van der Waals surface area contributed by atoms with Gasteiger partial charge in [-0.3, -0.25) is 14.5 Å². The van der Waals surface area contributed by atoms with Crippen LogP contribution in [0.3, 0.4) is 0 Å². The smallest absolute Gasteiger partial charge is 0.234 e. The van der Waals surface area contributed by atoms with Crippen LogP contribution in [0.15, 0.2) is 0 Å². The van der Waals surface area contributed by atoms with Gasteiger partial charge in [0.25, 0.3) is 0 Å². The number of likely N-dealkylation sites (N-methyl/N-ethyl adjacent to an activating group) is 1. The molecule has 0 radical (unpaired) electrons. The third-order valence-electron chi connectivity index (χ3n) is 4.30. The zero-order valence-electron chi connectivity index (χ0n) is 15.3. The zero-order chi connectivity index (χ0) is 17.0. The maximum Gasteiger partial charge on any atom is 0.234 e. The highest BCUT2D eigenvalue weighted by atomic mass is 16.2. The molecule has 0 aliphatic heterocycles. The maximum atomic E-state index is 11.8. The molecule has 132 valence electrons. The molecule has 4 heteroatoms. The molecule has 1 amide bonds. The van der Waals surface area contributed by atoms with E-state index in [0.717, 1.165) is 51.5 Å². The Morgan fingerprint density at radius 1 is 1.05 bits per heavy atom. The Morgan fingerprint density at radius 2 is 1.64 bits per heavy atom. The zero-order valence-corrected chi connectivity index (χ0v) is 15.3. The van der Waals surface area contributed by atoms with Gasteiger partial charge in [-0.1, -0.05) is 40.0 Å². The van der Waals surface area contributed by atoms with Crippen molar-refractivity contribution in [1.29, 1.82) is 0 Å². The summed E-state index contributed by atoms with van der Waals surface area (Å²) in [7, 11) is 1.99. The Kier molecular flexibility index (Phi) is 12.1. The number of carbonyl (C=O) groups is 2. The molecule has 0 saturated heterocycles. The number of nitrogens with zero attached hydrogens (tertiary/aromatic N) is 1. The van der Waals surface area contributed by atoms with Gasteiger partial charge >= 0.3 is 0 Å². The van der Waals surface area contributed by atoms with Crippen LogP contribution in [0.2, 0.25) is 0 Å². The van der Waals surface area contributed by atoms with Gasteiger partial charge in [-0.25, -0.2) is 0 Å². The Morgan fingerprint density at radius 3 is 2.23 bits per heavy atom. The van der Waals surface area contributed by atoms with E-state index in [4.69, 9.17) is 0 Å². The number of carbonyl (C=O) groups excluding carboxylic acids is 2. The second kappa shape index (κ2) is 12.6. The van der Waals surface area contributed by atoms with Gasteiger partial charge < -0.3 is 5.32 Å². The van der Waals surface area contributed by atoms with E-state index in [0.29, 0.717) is 18.4 Å². The number of amides is 1. The van der Waals surface area contributed by atoms with Crippen molar-refractivity contribution in [2.75, 3.05) is 20.1 Å². The van der Waals surface area contributed by atoms with Crippen LogP contribution in [0, 0.1) is 5.92 Å². The highest BCUT2D eigenvalue weighted by molar-refractivity contribution is 5.80. The number of hydrogen-bond acceptors (Lipinski definition) is 3. The van der Waals surface area contributed by atoms with Crippen molar-refractivity contribution in [2.24, 2.45) is 5.92 Å². The van der Waals surface area contributed by atoms with Gasteiger partial charge in [0.15, 0.2) is 0 Å². The summed E-state index contributed by atoms with van der Waals surface area (Å²) >= 11 is 0. The van der Waals surface area contributed by atoms with Gasteiger partial charge in [0.05, 0.1) is 6.54 Å². The summed E-state index contributed by atoms with van der Waals surface area (Å²) in [5, 5.41) is 2.98. The number of Topliss-reactive ketones (excluding diaryl/α,β-unsaturated/α-hetero) is 1. The number of rotatable bonds is 13. The Balaban J connectivity index is 0. The average Bonchev–Trinajstić information content (AvgIpc) is 2.48.